The predicted molar refractivity (Wildman–Crippen MR) is 144 cm³/mol. The quantitative estimate of drug-likeness (QED) is 0.373. The third-order valence-electron chi connectivity index (χ3n) is 6.99. The van der Waals surface area contributed by atoms with Gasteiger partial charge in [-0.2, -0.15) is 0 Å². The van der Waals surface area contributed by atoms with Crippen LogP contribution in [0.4, 0.5) is 11.6 Å². The molecule has 0 spiro atoms. The second-order valence-corrected chi connectivity index (χ2v) is 9.49. The number of ether oxygens (including phenoxy) is 1. The van der Waals surface area contributed by atoms with E-state index in [1.807, 2.05) is 47.9 Å². The number of fused-ring (bicyclic) bond motifs is 1. The summed E-state index contributed by atoms with van der Waals surface area (Å²) in [6.45, 7) is 7.90. The third-order valence-corrected chi connectivity index (χ3v) is 6.99. The van der Waals surface area contributed by atoms with Crippen molar-refractivity contribution in [2.24, 2.45) is 0 Å². The molecule has 0 saturated carbocycles. The van der Waals surface area contributed by atoms with Crippen molar-refractivity contribution in [3.8, 4) is 5.75 Å². The zero-order chi connectivity index (χ0) is 25.2. The molecule has 6 nitrogen and oxygen atoms in total. The Hall–Kier alpha value is -3.90. The van der Waals surface area contributed by atoms with E-state index in [1.54, 1.807) is 7.11 Å². The molecule has 0 fully saturated rings. The number of methoxy groups -OCH3 is 1. The number of nitrogens with zero attached hydrogens (tertiary/aromatic N) is 4. The molecule has 3 aromatic carbocycles. The molecule has 0 radical (unpaired) electrons. The SMILES string of the molecule is COc1ccccc1CN1CN(c2ccc(C)c(C)c2)c2nc(C)c(Cc3ccccc3)c(=O)n2C1. The van der Waals surface area contributed by atoms with Gasteiger partial charge in [0.2, 0.25) is 5.95 Å². The lowest BCUT2D eigenvalue weighted by Crippen LogP contribution is -2.47. The number of rotatable bonds is 6. The van der Waals surface area contributed by atoms with Gasteiger partial charge in [0.1, 0.15) is 5.75 Å². The second-order valence-electron chi connectivity index (χ2n) is 9.49. The Morgan fingerprint density at radius 1 is 0.889 bits per heavy atom. The van der Waals surface area contributed by atoms with Crippen molar-refractivity contribution in [2.75, 3.05) is 18.7 Å². The van der Waals surface area contributed by atoms with Crippen molar-refractivity contribution in [1.82, 2.24) is 14.5 Å². The van der Waals surface area contributed by atoms with E-state index < -0.39 is 0 Å². The maximum absolute atomic E-state index is 13.9. The van der Waals surface area contributed by atoms with E-state index in [9.17, 15) is 4.79 Å². The molecule has 2 heterocycles. The van der Waals surface area contributed by atoms with Crippen molar-refractivity contribution in [2.45, 2.75) is 40.4 Å². The van der Waals surface area contributed by atoms with Crippen LogP contribution in [0.2, 0.25) is 0 Å². The number of benzene rings is 3. The topological polar surface area (TPSA) is 50.6 Å². The van der Waals surface area contributed by atoms with E-state index >= 15 is 0 Å². The molecule has 0 unspecified atom stereocenters. The van der Waals surface area contributed by atoms with Gasteiger partial charge in [0, 0.05) is 29.8 Å². The van der Waals surface area contributed by atoms with Crippen LogP contribution in [0.1, 0.15) is 33.5 Å². The van der Waals surface area contributed by atoms with Crippen LogP contribution in [0.5, 0.6) is 5.75 Å². The molecular weight excluding hydrogens is 448 g/mol. The van der Waals surface area contributed by atoms with Gasteiger partial charge in [0.15, 0.2) is 0 Å². The lowest BCUT2D eigenvalue weighted by molar-refractivity contribution is 0.187. The number of anilines is 2. The van der Waals surface area contributed by atoms with Gasteiger partial charge in [0.05, 0.1) is 26.1 Å². The second kappa shape index (κ2) is 9.99. The number of aromatic nitrogens is 2. The molecule has 0 amide bonds. The zero-order valence-electron chi connectivity index (χ0n) is 21.4. The third kappa shape index (κ3) is 4.64. The van der Waals surface area contributed by atoms with Crippen molar-refractivity contribution in [3.63, 3.8) is 0 Å². The van der Waals surface area contributed by atoms with Crippen LogP contribution >= 0.6 is 0 Å². The minimum absolute atomic E-state index is 0.0138. The van der Waals surface area contributed by atoms with Crippen LogP contribution in [0, 0.1) is 20.8 Å². The average molecular weight is 481 g/mol. The summed E-state index contributed by atoms with van der Waals surface area (Å²) in [4.78, 5) is 23.3. The Morgan fingerprint density at radius 2 is 1.64 bits per heavy atom. The molecule has 36 heavy (non-hydrogen) atoms. The fourth-order valence-electron chi connectivity index (χ4n) is 4.80. The fraction of sp³-hybridized carbons (Fsp3) is 0.267. The molecule has 0 saturated heterocycles. The molecule has 0 bridgehead atoms. The van der Waals surface area contributed by atoms with Crippen LogP contribution in [0.25, 0.3) is 0 Å². The standard InChI is InChI=1S/C30H32N4O2/c1-21-14-15-26(16-22(21)2)33-19-32(18-25-12-8-9-13-28(25)36-4)20-34-29(35)27(23(3)31-30(33)34)17-24-10-6-5-7-11-24/h5-16H,17-20H2,1-4H3. The average Bonchev–Trinajstić information content (AvgIpc) is 2.89. The monoisotopic (exact) mass is 480 g/mol. The summed E-state index contributed by atoms with van der Waals surface area (Å²) < 4.78 is 7.42. The first-order valence-electron chi connectivity index (χ1n) is 12.3. The summed E-state index contributed by atoms with van der Waals surface area (Å²) in [5.41, 5.74) is 7.20. The number of hydrogen-bond acceptors (Lipinski definition) is 5. The predicted octanol–water partition coefficient (Wildman–Crippen LogP) is 5.34. The van der Waals surface area contributed by atoms with Crippen molar-refractivity contribution in [1.29, 1.82) is 0 Å². The van der Waals surface area contributed by atoms with E-state index in [0.717, 1.165) is 33.8 Å². The van der Waals surface area contributed by atoms with Gasteiger partial charge in [-0.25, -0.2) is 4.98 Å². The summed E-state index contributed by atoms with van der Waals surface area (Å²) in [7, 11) is 1.69. The lowest BCUT2D eigenvalue weighted by Gasteiger charge is -2.38. The first-order valence-corrected chi connectivity index (χ1v) is 12.3. The summed E-state index contributed by atoms with van der Waals surface area (Å²) >= 11 is 0. The van der Waals surface area contributed by atoms with Crippen LogP contribution < -0.4 is 15.2 Å². The molecular formula is C30H32N4O2. The fourth-order valence-corrected chi connectivity index (χ4v) is 4.80. The normalized spacial score (nSPS) is 13.5. The molecule has 1 aliphatic heterocycles. The first kappa shape index (κ1) is 23.8. The van der Waals surface area contributed by atoms with Gasteiger partial charge in [-0.3, -0.25) is 19.2 Å². The highest BCUT2D eigenvalue weighted by atomic mass is 16.5. The highest BCUT2D eigenvalue weighted by Crippen LogP contribution is 2.31. The summed E-state index contributed by atoms with van der Waals surface area (Å²) in [5, 5.41) is 0. The smallest absolute Gasteiger partial charge is 0.259 e. The van der Waals surface area contributed by atoms with Gasteiger partial charge in [0.25, 0.3) is 5.56 Å². The Balaban J connectivity index is 1.59. The van der Waals surface area contributed by atoms with E-state index in [4.69, 9.17) is 9.72 Å². The number of para-hydroxylation sites is 1. The van der Waals surface area contributed by atoms with E-state index in [1.165, 1.54) is 11.1 Å². The van der Waals surface area contributed by atoms with Gasteiger partial charge >= 0.3 is 0 Å². The Labute approximate surface area is 212 Å². The zero-order valence-corrected chi connectivity index (χ0v) is 21.4. The van der Waals surface area contributed by atoms with Gasteiger partial charge in [-0.15, -0.1) is 0 Å². The Bertz CT molecular complexity index is 1450. The summed E-state index contributed by atoms with van der Waals surface area (Å²) in [6.07, 6.45) is 0.564. The summed E-state index contributed by atoms with van der Waals surface area (Å²) in [6, 6.07) is 24.6. The van der Waals surface area contributed by atoms with E-state index in [-0.39, 0.29) is 5.56 Å². The molecule has 0 atom stereocenters. The highest BCUT2D eigenvalue weighted by Gasteiger charge is 2.28. The number of hydrogen-bond donors (Lipinski definition) is 0. The van der Waals surface area contributed by atoms with Crippen LogP contribution in [-0.4, -0.2) is 28.2 Å². The Kier molecular flexibility index (Phi) is 6.61. The molecule has 6 heteroatoms. The van der Waals surface area contributed by atoms with Crippen molar-refractivity contribution in [3.05, 3.63) is 117 Å². The van der Waals surface area contributed by atoms with Gasteiger partial charge in [-0.1, -0.05) is 54.6 Å². The maximum Gasteiger partial charge on any atom is 0.259 e. The van der Waals surface area contributed by atoms with Crippen molar-refractivity contribution < 1.29 is 4.74 Å². The first-order chi connectivity index (χ1) is 17.4. The minimum Gasteiger partial charge on any atom is -0.496 e. The molecule has 184 valence electrons. The molecule has 1 aliphatic rings. The van der Waals surface area contributed by atoms with Crippen LogP contribution in [0.3, 0.4) is 0 Å². The molecule has 4 aromatic rings. The Morgan fingerprint density at radius 3 is 2.39 bits per heavy atom. The van der Waals surface area contributed by atoms with Gasteiger partial charge in [-0.05, 0) is 55.7 Å². The van der Waals surface area contributed by atoms with Gasteiger partial charge < -0.3 is 4.74 Å². The number of aryl methyl sites for hydroxylation is 3. The maximum atomic E-state index is 13.9. The van der Waals surface area contributed by atoms with Crippen molar-refractivity contribution >= 4 is 11.6 Å². The summed E-state index contributed by atoms with van der Waals surface area (Å²) in [5.74, 6) is 1.54. The molecule has 0 N–H and O–H groups in total. The molecule has 1 aromatic heterocycles. The highest BCUT2D eigenvalue weighted by molar-refractivity contribution is 5.60. The molecule has 5 rings (SSSR count). The van der Waals surface area contributed by atoms with Crippen LogP contribution in [0.15, 0.2) is 77.6 Å². The minimum atomic E-state index is 0.0138. The van der Waals surface area contributed by atoms with Crippen LogP contribution in [-0.2, 0) is 19.6 Å². The largest absolute Gasteiger partial charge is 0.496 e. The van der Waals surface area contributed by atoms with E-state index in [0.29, 0.717) is 32.3 Å². The lowest BCUT2D eigenvalue weighted by atomic mass is 10.0. The van der Waals surface area contributed by atoms with E-state index in [2.05, 4.69) is 60.0 Å². The molecule has 0 aliphatic carbocycles.